The molecule has 0 amide bonds. The van der Waals surface area contributed by atoms with Crippen LogP contribution in [-0.4, -0.2) is 28.6 Å². The van der Waals surface area contributed by atoms with Gasteiger partial charge in [-0.25, -0.2) is 14.8 Å². The molecule has 0 radical (unpaired) electrons. The Labute approximate surface area is 149 Å². The van der Waals surface area contributed by atoms with Crippen LogP contribution in [0.2, 0.25) is 0 Å². The lowest BCUT2D eigenvalue weighted by Crippen LogP contribution is -2.10. The third kappa shape index (κ3) is 7.01. The first-order valence-corrected chi connectivity index (χ1v) is 8.88. The number of hydrogen-bond acceptors (Lipinski definition) is 5. The summed E-state index contributed by atoms with van der Waals surface area (Å²) in [6.45, 7) is 4.92. The van der Waals surface area contributed by atoms with Crippen LogP contribution < -0.4 is 4.74 Å². The van der Waals surface area contributed by atoms with Crippen LogP contribution in [0.15, 0.2) is 42.7 Å². The number of rotatable bonds is 10. The number of ether oxygens (including phenoxy) is 2. The average Bonchev–Trinajstić information content (AvgIpc) is 2.64. The van der Waals surface area contributed by atoms with Gasteiger partial charge in [-0.3, -0.25) is 0 Å². The van der Waals surface area contributed by atoms with Gasteiger partial charge >= 0.3 is 12.0 Å². The van der Waals surface area contributed by atoms with Crippen LogP contribution in [0.1, 0.15) is 55.5 Å². The van der Waals surface area contributed by atoms with Crippen molar-refractivity contribution in [3.05, 3.63) is 53.9 Å². The Balaban J connectivity index is 1.70. The minimum Gasteiger partial charge on any atom is -0.387 e. The number of unbranched alkanes of at least 4 members (excludes halogenated alkanes) is 2. The van der Waals surface area contributed by atoms with E-state index in [1.165, 1.54) is 0 Å². The van der Waals surface area contributed by atoms with E-state index in [1.807, 2.05) is 13.0 Å². The molecule has 134 valence electrons. The first-order valence-electron chi connectivity index (χ1n) is 8.88. The van der Waals surface area contributed by atoms with Gasteiger partial charge in [-0.1, -0.05) is 31.0 Å². The van der Waals surface area contributed by atoms with E-state index in [4.69, 9.17) is 9.47 Å². The fourth-order valence-electron chi connectivity index (χ4n) is 2.55. The third-order valence-corrected chi connectivity index (χ3v) is 3.90. The molecule has 0 saturated heterocycles. The lowest BCUT2D eigenvalue weighted by atomic mass is 10.1. The first-order chi connectivity index (χ1) is 12.2. The molecule has 2 aromatic rings. The Bertz CT molecular complexity index is 629. The standard InChI is InChI=1S/C20H26N2O3/c1-3-24-16(2)10-6-4-7-11-17-14-21-20(22-15-17)25-19(23)18-12-8-5-9-13-18/h5,8-9,12-16H,3-4,6-7,10-11H2,1-2H3. The number of aryl methyl sites for hydroxylation is 1. The van der Waals surface area contributed by atoms with Gasteiger partial charge in [-0.05, 0) is 50.8 Å². The molecule has 0 fully saturated rings. The van der Waals surface area contributed by atoms with Crippen LogP contribution >= 0.6 is 0 Å². The van der Waals surface area contributed by atoms with Crippen LogP contribution in [0.25, 0.3) is 0 Å². The first kappa shape index (κ1) is 19.1. The van der Waals surface area contributed by atoms with Crippen molar-refractivity contribution in [2.75, 3.05) is 6.61 Å². The molecule has 25 heavy (non-hydrogen) atoms. The summed E-state index contributed by atoms with van der Waals surface area (Å²) >= 11 is 0. The molecule has 2 rings (SSSR count). The summed E-state index contributed by atoms with van der Waals surface area (Å²) in [5.41, 5.74) is 1.54. The molecular formula is C20H26N2O3. The zero-order chi connectivity index (χ0) is 17.9. The van der Waals surface area contributed by atoms with Crippen molar-refractivity contribution in [1.82, 2.24) is 9.97 Å². The van der Waals surface area contributed by atoms with Crippen LogP contribution in [0.3, 0.4) is 0 Å². The molecule has 0 aliphatic rings. The van der Waals surface area contributed by atoms with E-state index >= 15 is 0 Å². The van der Waals surface area contributed by atoms with Crippen LogP contribution in [0.4, 0.5) is 0 Å². The van der Waals surface area contributed by atoms with Crippen molar-refractivity contribution in [3.8, 4) is 6.01 Å². The van der Waals surface area contributed by atoms with E-state index in [-0.39, 0.29) is 6.01 Å². The molecule has 1 atom stereocenters. The molecule has 5 nitrogen and oxygen atoms in total. The molecule has 1 aromatic heterocycles. The molecule has 0 aliphatic carbocycles. The van der Waals surface area contributed by atoms with E-state index in [0.717, 1.165) is 44.3 Å². The SMILES string of the molecule is CCOC(C)CCCCCc1cnc(OC(=O)c2ccccc2)nc1. The van der Waals surface area contributed by atoms with Crippen LogP contribution in [0, 0.1) is 0 Å². The maximum absolute atomic E-state index is 11.9. The number of nitrogens with zero attached hydrogens (tertiary/aromatic N) is 2. The third-order valence-electron chi connectivity index (χ3n) is 3.90. The molecule has 1 heterocycles. The molecule has 0 bridgehead atoms. The van der Waals surface area contributed by atoms with Gasteiger partial charge in [-0.2, -0.15) is 0 Å². The maximum atomic E-state index is 11.9. The van der Waals surface area contributed by atoms with Crippen molar-refractivity contribution < 1.29 is 14.3 Å². The van der Waals surface area contributed by atoms with Crippen molar-refractivity contribution in [3.63, 3.8) is 0 Å². The monoisotopic (exact) mass is 342 g/mol. The molecule has 1 aromatic carbocycles. The fourth-order valence-corrected chi connectivity index (χ4v) is 2.55. The Morgan fingerprint density at radius 3 is 2.48 bits per heavy atom. The highest BCUT2D eigenvalue weighted by molar-refractivity contribution is 5.90. The number of hydrogen-bond donors (Lipinski definition) is 0. The van der Waals surface area contributed by atoms with Crippen molar-refractivity contribution in [1.29, 1.82) is 0 Å². The van der Waals surface area contributed by atoms with Gasteiger partial charge in [0, 0.05) is 19.0 Å². The van der Waals surface area contributed by atoms with E-state index in [1.54, 1.807) is 36.7 Å². The Morgan fingerprint density at radius 1 is 1.08 bits per heavy atom. The quantitative estimate of drug-likeness (QED) is 0.478. The number of aromatic nitrogens is 2. The van der Waals surface area contributed by atoms with E-state index in [2.05, 4.69) is 16.9 Å². The second-order valence-electron chi connectivity index (χ2n) is 5.99. The molecule has 0 saturated carbocycles. The molecule has 5 heteroatoms. The number of esters is 1. The normalized spacial score (nSPS) is 11.9. The van der Waals surface area contributed by atoms with Gasteiger partial charge < -0.3 is 9.47 Å². The number of carbonyl (C=O) groups excluding carboxylic acids is 1. The Kier molecular flexibility index (Phi) is 8.05. The molecule has 0 N–H and O–H groups in total. The average molecular weight is 342 g/mol. The Morgan fingerprint density at radius 2 is 1.80 bits per heavy atom. The van der Waals surface area contributed by atoms with Gasteiger partial charge in [0.2, 0.25) is 0 Å². The predicted octanol–water partition coefficient (Wildman–Crippen LogP) is 4.22. The second-order valence-corrected chi connectivity index (χ2v) is 5.99. The lowest BCUT2D eigenvalue weighted by Gasteiger charge is -2.10. The van der Waals surface area contributed by atoms with Gasteiger partial charge in [0.1, 0.15) is 0 Å². The zero-order valence-corrected chi connectivity index (χ0v) is 15.0. The summed E-state index contributed by atoms with van der Waals surface area (Å²) in [6.07, 6.45) is 9.22. The van der Waals surface area contributed by atoms with Crippen molar-refractivity contribution in [2.45, 2.75) is 52.1 Å². The van der Waals surface area contributed by atoms with Crippen LogP contribution in [0.5, 0.6) is 6.01 Å². The van der Waals surface area contributed by atoms with E-state index < -0.39 is 5.97 Å². The maximum Gasteiger partial charge on any atom is 0.345 e. The molecular weight excluding hydrogens is 316 g/mol. The fraction of sp³-hybridized carbons (Fsp3) is 0.450. The molecule has 0 aliphatic heterocycles. The summed E-state index contributed by atoms with van der Waals surface area (Å²) in [6, 6.07) is 8.90. The molecule has 1 unspecified atom stereocenters. The zero-order valence-electron chi connectivity index (χ0n) is 15.0. The summed E-state index contributed by atoms with van der Waals surface area (Å²) in [7, 11) is 0. The van der Waals surface area contributed by atoms with Crippen molar-refractivity contribution >= 4 is 5.97 Å². The largest absolute Gasteiger partial charge is 0.387 e. The summed E-state index contributed by atoms with van der Waals surface area (Å²) < 4.78 is 10.7. The summed E-state index contributed by atoms with van der Waals surface area (Å²) in [5.74, 6) is -0.447. The number of carbonyl (C=O) groups is 1. The van der Waals surface area contributed by atoms with E-state index in [9.17, 15) is 4.79 Å². The topological polar surface area (TPSA) is 61.3 Å². The van der Waals surface area contributed by atoms with Gasteiger partial charge in [0.25, 0.3) is 0 Å². The lowest BCUT2D eigenvalue weighted by molar-refractivity contribution is 0.0683. The second kappa shape index (κ2) is 10.6. The summed E-state index contributed by atoms with van der Waals surface area (Å²) in [5, 5.41) is 0. The highest BCUT2D eigenvalue weighted by atomic mass is 16.5. The minimum absolute atomic E-state index is 0.0862. The highest BCUT2D eigenvalue weighted by Crippen LogP contribution is 2.11. The van der Waals surface area contributed by atoms with Gasteiger partial charge in [-0.15, -0.1) is 0 Å². The van der Waals surface area contributed by atoms with Crippen molar-refractivity contribution in [2.24, 2.45) is 0 Å². The van der Waals surface area contributed by atoms with Gasteiger partial charge in [0.15, 0.2) is 0 Å². The molecule has 0 spiro atoms. The summed E-state index contributed by atoms with van der Waals surface area (Å²) in [4.78, 5) is 20.2. The highest BCUT2D eigenvalue weighted by Gasteiger charge is 2.09. The predicted molar refractivity (Wildman–Crippen MR) is 96.7 cm³/mol. The van der Waals surface area contributed by atoms with E-state index in [0.29, 0.717) is 11.7 Å². The minimum atomic E-state index is -0.447. The smallest absolute Gasteiger partial charge is 0.345 e. The van der Waals surface area contributed by atoms with Gasteiger partial charge in [0.05, 0.1) is 11.7 Å². The number of benzene rings is 1. The Hall–Kier alpha value is -2.27. The van der Waals surface area contributed by atoms with Crippen LogP contribution in [-0.2, 0) is 11.2 Å².